The molecule has 0 saturated heterocycles. The van der Waals surface area contributed by atoms with E-state index in [0.717, 1.165) is 25.3 Å². The van der Waals surface area contributed by atoms with Crippen LogP contribution in [0.5, 0.6) is 5.88 Å². The fraction of sp³-hybridized carbons (Fsp3) is 0.600. The molecule has 5 heteroatoms. The van der Waals surface area contributed by atoms with Crippen LogP contribution in [0.2, 0.25) is 0 Å². The first-order chi connectivity index (χ1) is 7.26. The van der Waals surface area contributed by atoms with Gasteiger partial charge in [0.2, 0.25) is 11.8 Å². The van der Waals surface area contributed by atoms with Crippen molar-refractivity contribution in [2.75, 3.05) is 32.7 Å². The number of hydrogen-bond donors (Lipinski definition) is 1. The molecule has 1 N–H and O–H groups in total. The molecule has 0 spiro atoms. The summed E-state index contributed by atoms with van der Waals surface area (Å²) in [5.74, 6) is 1.18. The number of anilines is 1. The van der Waals surface area contributed by atoms with Crippen molar-refractivity contribution in [3.63, 3.8) is 0 Å². The van der Waals surface area contributed by atoms with E-state index in [1.165, 1.54) is 0 Å². The van der Waals surface area contributed by atoms with Gasteiger partial charge in [0, 0.05) is 32.0 Å². The molecule has 0 fully saturated rings. The van der Waals surface area contributed by atoms with Gasteiger partial charge in [0.1, 0.15) is 0 Å². The summed E-state index contributed by atoms with van der Waals surface area (Å²) >= 11 is 0. The van der Waals surface area contributed by atoms with Gasteiger partial charge in [-0.1, -0.05) is 0 Å². The molecule has 0 unspecified atom stereocenters. The summed E-state index contributed by atoms with van der Waals surface area (Å²) in [7, 11) is 3.28. The van der Waals surface area contributed by atoms with Crippen LogP contribution in [0.1, 0.15) is 12.1 Å². The van der Waals surface area contributed by atoms with Gasteiger partial charge < -0.3 is 14.8 Å². The van der Waals surface area contributed by atoms with E-state index in [1.54, 1.807) is 20.3 Å². The van der Waals surface area contributed by atoms with E-state index in [0.29, 0.717) is 11.8 Å². The third kappa shape index (κ3) is 4.12. The lowest BCUT2D eigenvalue weighted by molar-refractivity contribution is 0.197. The Morgan fingerprint density at radius 2 is 2.13 bits per heavy atom. The molecular formula is C10H17N3O2. The van der Waals surface area contributed by atoms with Crippen molar-refractivity contribution in [2.24, 2.45) is 0 Å². The molecule has 1 heterocycles. The average Bonchev–Trinajstić information content (AvgIpc) is 2.23. The zero-order chi connectivity index (χ0) is 11.1. The van der Waals surface area contributed by atoms with Crippen LogP contribution >= 0.6 is 0 Å². The number of nitrogens with one attached hydrogen (secondary N) is 1. The normalized spacial score (nSPS) is 10.1. The first-order valence-electron chi connectivity index (χ1n) is 4.88. The van der Waals surface area contributed by atoms with Crippen LogP contribution in [-0.4, -0.2) is 37.3 Å². The van der Waals surface area contributed by atoms with Gasteiger partial charge in [-0.15, -0.1) is 0 Å². The second-order valence-corrected chi connectivity index (χ2v) is 3.15. The Labute approximate surface area is 89.8 Å². The van der Waals surface area contributed by atoms with Gasteiger partial charge >= 0.3 is 0 Å². The Hall–Kier alpha value is -1.36. The lowest BCUT2D eigenvalue weighted by Gasteiger charge is -2.06. The summed E-state index contributed by atoms with van der Waals surface area (Å²) in [6, 6.07) is 1.79. The van der Waals surface area contributed by atoms with Crippen molar-refractivity contribution in [3.05, 3.63) is 11.8 Å². The molecule has 0 aliphatic rings. The maximum atomic E-state index is 5.05. The molecule has 1 aromatic heterocycles. The van der Waals surface area contributed by atoms with E-state index in [9.17, 15) is 0 Å². The molecule has 1 rings (SSSR count). The van der Waals surface area contributed by atoms with Crippen molar-refractivity contribution >= 4 is 5.95 Å². The van der Waals surface area contributed by atoms with Gasteiger partial charge in [-0.05, 0) is 13.3 Å². The highest BCUT2D eigenvalue weighted by Gasteiger charge is 2.00. The summed E-state index contributed by atoms with van der Waals surface area (Å²) in [6.45, 7) is 3.43. The Balaban J connectivity index is 2.49. The Kier molecular flexibility index (Phi) is 4.83. The van der Waals surface area contributed by atoms with E-state index < -0.39 is 0 Å². The molecule has 0 amide bonds. The molecule has 0 aromatic carbocycles. The fourth-order valence-electron chi connectivity index (χ4n) is 1.14. The number of ether oxygens (including phenoxy) is 2. The van der Waals surface area contributed by atoms with Gasteiger partial charge in [-0.3, -0.25) is 0 Å². The predicted molar refractivity (Wildman–Crippen MR) is 58.3 cm³/mol. The third-order valence-electron chi connectivity index (χ3n) is 1.85. The summed E-state index contributed by atoms with van der Waals surface area (Å²) in [4.78, 5) is 8.40. The highest BCUT2D eigenvalue weighted by Crippen LogP contribution is 2.10. The molecule has 1 aromatic rings. The van der Waals surface area contributed by atoms with Gasteiger partial charge in [-0.2, -0.15) is 4.98 Å². The molecule has 0 atom stereocenters. The van der Waals surface area contributed by atoms with Crippen LogP contribution in [0, 0.1) is 6.92 Å². The molecular weight excluding hydrogens is 194 g/mol. The first kappa shape index (κ1) is 11.7. The van der Waals surface area contributed by atoms with E-state index >= 15 is 0 Å². The molecule has 0 saturated carbocycles. The minimum Gasteiger partial charge on any atom is -0.481 e. The number of nitrogens with zero attached hydrogens (tertiary/aromatic N) is 2. The van der Waals surface area contributed by atoms with Crippen LogP contribution < -0.4 is 10.1 Å². The molecule has 5 nitrogen and oxygen atoms in total. The van der Waals surface area contributed by atoms with E-state index in [1.807, 2.05) is 6.92 Å². The SMILES string of the molecule is COCCCNc1nc(C)cc(OC)n1. The summed E-state index contributed by atoms with van der Waals surface area (Å²) < 4.78 is 9.99. The maximum Gasteiger partial charge on any atom is 0.226 e. The summed E-state index contributed by atoms with van der Waals surface area (Å²) in [5, 5.41) is 3.11. The third-order valence-corrected chi connectivity index (χ3v) is 1.85. The highest BCUT2D eigenvalue weighted by molar-refractivity contribution is 5.30. The van der Waals surface area contributed by atoms with E-state index in [2.05, 4.69) is 15.3 Å². The lowest BCUT2D eigenvalue weighted by atomic mass is 10.4. The van der Waals surface area contributed by atoms with Gasteiger partial charge in [0.05, 0.1) is 7.11 Å². The summed E-state index contributed by atoms with van der Waals surface area (Å²) in [6.07, 6.45) is 0.927. The van der Waals surface area contributed by atoms with Crippen molar-refractivity contribution in [2.45, 2.75) is 13.3 Å². The molecule has 0 bridgehead atoms. The smallest absolute Gasteiger partial charge is 0.226 e. The second kappa shape index (κ2) is 6.19. The Morgan fingerprint density at radius 1 is 1.33 bits per heavy atom. The number of methoxy groups -OCH3 is 2. The largest absolute Gasteiger partial charge is 0.481 e. The molecule has 84 valence electrons. The van der Waals surface area contributed by atoms with Crippen LogP contribution in [-0.2, 0) is 4.74 Å². The van der Waals surface area contributed by atoms with E-state index in [4.69, 9.17) is 9.47 Å². The second-order valence-electron chi connectivity index (χ2n) is 3.15. The predicted octanol–water partition coefficient (Wildman–Crippen LogP) is 1.24. The minimum absolute atomic E-state index is 0.580. The first-order valence-corrected chi connectivity index (χ1v) is 4.88. The molecule has 15 heavy (non-hydrogen) atoms. The number of aryl methyl sites for hydroxylation is 1. The van der Waals surface area contributed by atoms with Crippen LogP contribution in [0.25, 0.3) is 0 Å². The summed E-state index contributed by atoms with van der Waals surface area (Å²) in [5.41, 5.74) is 0.885. The van der Waals surface area contributed by atoms with Crippen LogP contribution in [0.15, 0.2) is 6.07 Å². The Bertz CT molecular complexity index is 305. The van der Waals surface area contributed by atoms with Crippen molar-refractivity contribution < 1.29 is 9.47 Å². The van der Waals surface area contributed by atoms with E-state index in [-0.39, 0.29) is 0 Å². The Morgan fingerprint density at radius 3 is 2.80 bits per heavy atom. The van der Waals surface area contributed by atoms with Crippen molar-refractivity contribution in [1.29, 1.82) is 0 Å². The number of aromatic nitrogens is 2. The van der Waals surface area contributed by atoms with Gasteiger partial charge in [0.15, 0.2) is 0 Å². The van der Waals surface area contributed by atoms with Crippen molar-refractivity contribution in [1.82, 2.24) is 9.97 Å². The van der Waals surface area contributed by atoms with Crippen molar-refractivity contribution in [3.8, 4) is 5.88 Å². The molecule has 0 aliphatic carbocycles. The quantitative estimate of drug-likeness (QED) is 0.717. The molecule has 0 aliphatic heterocycles. The van der Waals surface area contributed by atoms with Crippen LogP contribution in [0.4, 0.5) is 5.95 Å². The average molecular weight is 211 g/mol. The van der Waals surface area contributed by atoms with Gasteiger partial charge in [-0.25, -0.2) is 4.98 Å². The molecule has 0 radical (unpaired) electrons. The zero-order valence-electron chi connectivity index (χ0n) is 9.41. The monoisotopic (exact) mass is 211 g/mol. The van der Waals surface area contributed by atoms with Gasteiger partial charge in [0.25, 0.3) is 0 Å². The zero-order valence-corrected chi connectivity index (χ0v) is 9.41. The number of rotatable bonds is 6. The minimum atomic E-state index is 0.580. The maximum absolute atomic E-state index is 5.05. The standard InChI is InChI=1S/C10H17N3O2/c1-8-7-9(15-3)13-10(12-8)11-5-4-6-14-2/h7H,4-6H2,1-3H3,(H,11,12,13). The number of hydrogen-bond acceptors (Lipinski definition) is 5. The van der Waals surface area contributed by atoms with Crippen LogP contribution in [0.3, 0.4) is 0 Å². The fourth-order valence-corrected chi connectivity index (χ4v) is 1.14. The topological polar surface area (TPSA) is 56.3 Å². The highest BCUT2D eigenvalue weighted by atomic mass is 16.5. The lowest BCUT2D eigenvalue weighted by Crippen LogP contribution is -2.08.